The van der Waals surface area contributed by atoms with Gasteiger partial charge in [-0.25, -0.2) is 4.98 Å². The zero-order chi connectivity index (χ0) is 22.5. The van der Waals surface area contributed by atoms with E-state index in [2.05, 4.69) is 62.7 Å². The molecule has 1 heterocycles. The first-order valence-corrected chi connectivity index (χ1v) is 11.8. The van der Waals surface area contributed by atoms with Gasteiger partial charge in [0.15, 0.2) is 0 Å². The molecule has 6 nitrogen and oxygen atoms in total. The molecular formula is C22H22Br3N3O3. The maximum atomic E-state index is 12.4. The largest absolute Gasteiger partial charge is 0.496 e. The molecule has 1 aromatic heterocycles. The number of nitrogens with zero attached hydrogens (tertiary/aromatic N) is 2. The van der Waals surface area contributed by atoms with Gasteiger partial charge in [-0.05, 0) is 91.7 Å². The van der Waals surface area contributed by atoms with Crippen molar-refractivity contribution in [2.45, 2.75) is 6.42 Å². The first-order chi connectivity index (χ1) is 14.8. The van der Waals surface area contributed by atoms with Crippen molar-refractivity contribution in [2.24, 2.45) is 0 Å². The molecule has 0 atom stereocenters. The molecule has 31 heavy (non-hydrogen) atoms. The Morgan fingerprint density at radius 1 is 1.06 bits per heavy atom. The quantitative estimate of drug-likeness (QED) is 0.374. The number of ether oxygens (including phenoxy) is 2. The topological polar surface area (TPSA) is 67.5 Å². The van der Waals surface area contributed by atoms with E-state index in [0.29, 0.717) is 24.4 Å². The van der Waals surface area contributed by atoms with Crippen LogP contribution in [0.15, 0.2) is 54.7 Å². The lowest BCUT2D eigenvalue weighted by Crippen LogP contribution is -2.19. The molecule has 0 bridgehead atoms. The van der Waals surface area contributed by atoms with E-state index in [4.69, 9.17) is 9.47 Å². The van der Waals surface area contributed by atoms with E-state index in [0.717, 1.165) is 42.6 Å². The molecular weight excluding hydrogens is 594 g/mol. The maximum Gasteiger partial charge on any atom is 0.270 e. The normalized spacial score (nSPS) is 11.1. The summed E-state index contributed by atoms with van der Waals surface area (Å²) in [5, 5.41) is 0. The van der Waals surface area contributed by atoms with Crippen LogP contribution in [0, 0.1) is 0 Å². The predicted octanol–water partition coefficient (Wildman–Crippen LogP) is 5.26. The maximum absolute atomic E-state index is 12.4. The van der Waals surface area contributed by atoms with Crippen LogP contribution in [0.3, 0.4) is 0 Å². The zero-order valence-corrected chi connectivity index (χ0v) is 22.1. The summed E-state index contributed by atoms with van der Waals surface area (Å²) < 4.78 is 13.6. The number of hydrogen-bond donors (Lipinski definition) is 1. The van der Waals surface area contributed by atoms with E-state index in [1.54, 1.807) is 13.3 Å². The average molecular weight is 616 g/mol. The highest BCUT2D eigenvalue weighted by atomic mass is 79.9. The van der Waals surface area contributed by atoms with Gasteiger partial charge in [-0.15, -0.1) is 0 Å². The van der Waals surface area contributed by atoms with Gasteiger partial charge >= 0.3 is 0 Å². The van der Waals surface area contributed by atoms with Gasteiger partial charge in [-0.3, -0.25) is 4.79 Å². The summed E-state index contributed by atoms with van der Waals surface area (Å²) >= 11 is 10.7. The van der Waals surface area contributed by atoms with E-state index < -0.39 is 0 Å². The van der Waals surface area contributed by atoms with Gasteiger partial charge in [-0.2, -0.15) is 0 Å². The number of rotatable bonds is 8. The molecule has 0 aliphatic heterocycles. The lowest BCUT2D eigenvalue weighted by molar-refractivity contribution is 0.259. The number of benzene rings is 2. The Hall–Kier alpha value is -1.68. The van der Waals surface area contributed by atoms with Crippen LogP contribution in [0.25, 0.3) is 11.3 Å². The van der Waals surface area contributed by atoms with Crippen molar-refractivity contribution in [3.63, 3.8) is 0 Å². The number of hydrogen-bond acceptors (Lipinski definition) is 5. The third kappa shape index (κ3) is 6.19. The second kappa shape index (κ2) is 10.8. The van der Waals surface area contributed by atoms with Crippen molar-refractivity contribution in [3.8, 4) is 22.8 Å². The van der Waals surface area contributed by atoms with E-state index in [-0.39, 0.29) is 5.56 Å². The number of aromatic nitrogens is 2. The molecule has 1 N–H and O–H groups in total. The molecule has 0 unspecified atom stereocenters. The van der Waals surface area contributed by atoms with Crippen molar-refractivity contribution < 1.29 is 9.47 Å². The average Bonchev–Trinajstić information content (AvgIpc) is 2.71. The second-order valence-corrected chi connectivity index (χ2v) is 9.69. The summed E-state index contributed by atoms with van der Waals surface area (Å²) in [6.07, 6.45) is 2.02. The first kappa shape index (κ1) is 24.0. The Kier molecular flexibility index (Phi) is 8.32. The van der Waals surface area contributed by atoms with Gasteiger partial charge < -0.3 is 19.4 Å². The van der Waals surface area contributed by atoms with Gasteiger partial charge in [-0.1, -0.05) is 6.07 Å². The van der Waals surface area contributed by atoms with Gasteiger partial charge in [0.25, 0.3) is 5.56 Å². The molecule has 0 saturated heterocycles. The van der Waals surface area contributed by atoms with Crippen LogP contribution in [0.2, 0.25) is 0 Å². The third-order valence-electron chi connectivity index (χ3n) is 4.52. The fraction of sp³-hybridized carbons (Fsp3) is 0.273. The molecule has 0 radical (unpaired) electrons. The Labute approximate surface area is 206 Å². The fourth-order valence-electron chi connectivity index (χ4n) is 2.90. The van der Waals surface area contributed by atoms with Crippen molar-refractivity contribution in [1.82, 2.24) is 14.9 Å². The molecule has 0 fully saturated rings. The summed E-state index contributed by atoms with van der Waals surface area (Å²) in [6.45, 7) is 1.38. The number of nitrogens with one attached hydrogen (secondary N) is 1. The van der Waals surface area contributed by atoms with Crippen LogP contribution in [0.5, 0.6) is 11.5 Å². The van der Waals surface area contributed by atoms with E-state index in [1.165, 1.54) is 0 Å². The van der Waals surface area contributed by atoms with Crippen molar-refractivity contribution in [1.29, 1.82) is 0 Å². The molecule has 0 aliphatic carbocycles. The number of methoxy groups -OCH3 is 1. The smallest absolute Gasteiger partial charge is 0.270 e. The summed E-state index contributed by atoms with van der Waals surface area (Å²) in [5.41, 5.74) is 2.70. The van der Waals surface area contributed by atoms with Gasteiger partial charge in [0, 0.05) is 24.7 Å². The van der Waals surface area contributed by atoms with Crippen LogP contribution in [0.1, 0.15) is 11.3 Å². The number of H-pyrrole nitrogens is 1. The standard InChI is InChI=1S/C22H22Br3N3O3/c1-28(2)6-7-31-21-16(24)10-14(11-17(21)25)19-12-26-22(29)18(27-19)9-13-4-5-20(30-3)15(23)8-13/h4-5,8,10-12H,6-7,9H2,1-3H3,(H,26,29). The molecule has 9 heteroatoms. The van der Waals surface area contributed by atoms with Crippen molar-refractivity contribution >= 4 is 47.8 Å². The molecule has 2 aromatic carbocycles. The minimum Gasteiger partial charge on any atom is -0.496 e. The number of halogens is 3. The summed E-state index contributed by atoms with van der Waals surface area (Å²) in [5.74, 6) is 1.47. The van der Waals surface area contributed by atoms with Crippen LogP contribution >= 0.6 is 47.8 Å². The van der Waals surface area contributed by atoms with Crippen LogP contribution < -0.4 is 15.0 Å². The molecule has 0 spiro atoms. The first-order valence-electron chi connectivity index (χ1n) is 9.46. The highest BCUT2D eigenvalue weighted by Gasteiger charge is 2.13. The Balaban J connectivity index is 1.87. The van der Waals surface area contributed by atoms with Gasteiger partial charge in [0.2, 0.25) is 0 Å². The molecule has 0 saturated carbocycles. The third-order valence-corrected chi connectivity index (χ3v) is 6.32. The van der Waals surface area contributed by atoms with Gasteiger partial charge in [0.05, 0.1) is 26.2 Å². The molecule has 3 rings (SSSR count). The van der Waals surface area contributed by atoms with Crippen LogP contribution in [-0.4, -0.2) is 49.2 Å². The Morgan fingerprint density at radius 3 is 2.39 bits per heavy atom. The number of aromatic amines is 1. The molecule has 0 aliphatic rings. The van der Waals surface area contributed by atoms with Crippen molar-refractivity contribution in [2.75, 3.05) is 34.4 Å². The lowest BCUT2D eigenvalue weighted by atomic mass is 10.1. The van der Waals surface area contributed by atoms with E-state index in [9.17, 15) is 4.79 Å². The SMILES string of the molecule is COc1ccc(Cc2nc(-c3cc(Br)c(OCCN(C)C)c(Br)c3)c[nH]c2=O)cc1Br. The second-order valence-electron chi connectivity index (χ2n) is 7.13. The highest BCUT2D eigenvalue weighted by Crippen LogP contribution is 2.37. The zero-order valence-electron chi connectivity index (χ0n) is 17.3. The summed E-state index contributed by atoms with van der Waals surface area (Å²) in [4.78, 5) is 21.9. The fourth-order valence-corrected chi connectivity index (χ4v) is 4.91. The summed E-state index contributed by atoms with van der Waals surface area (Å²) in [6, 6.07) is 9.58. The van der Waals surface area contributed by atoms with Crippen LogP contribution in [-0.2, 0) is 6.42 Å². The molecule has 164 valence electrons. The van der Waals surface area contributed by atoms with Crippen molar-refractivity contribution in [3.05, 3.63) is 71.6 Å². The molecule has 0 amide bonds. The summed E-state index contributed by atoms with van der Waals surface area (Å²) in [7, 11) is 5.62. The predicted molar refractivity (Wildman–Crippen MR) is 133 cm³/mol. The van der Waals surface area contributed by atoms with Crippen LogP contribution in [0.4, 0.5) is 0 Å². The minimum absolute atomic E-state index is 0.211. The number of likely N-dealkylation sites (N-methyl/N-ethyl adjacent to an activating group) is 1. The Bertz CT molecular complexity index is 1110. The molecule has 3 aromatic rings. The van der Waals surface area contributed by atoms with E-state index >= 15 is 0 Å². The minimum atomic E-state index is -0.211. The highest BCUT2D eigenvalue weighted by molar-refractivity contribution is 9.11. The van der Waals surface area contributed by atoms with E-state index in [1.807, 2.05) is 44.4 Å². The monoisotopic (exact) mass is 613 g/mol. The lowest BCUT2D eigenvalue weighted by Gasteiger charge is -2.14. The Morgan fingerprint density at radius 2 is 1.77 bits per heavy atom. The van der Waals surface area contributed by atoms with Gasteiger partial charge in [0.1, 0.15) is 23.8 Å².